The van der Waals surface area contributed by atoms with Crippen LogP contribution in [0.3, 0.4) is 0 Å². The van der Waals surface area contributed by atoms with Gasteiger partial charge < -0.3 is 4.90 Å². The summed E-state index contributed by atoms with van der Waals surface area (Å²) in [7, 11) is 1.75. The Morgan fingerprint density at radius 3 is 2.65 bits per heavy atom. The first-order chi connectivity index (χ1) is 10.9. The van der Waals surface area contributed by atoms with Gasteiger partial charge in [0, 0.05) is 19.3 Å². The summed E-state index contributed by atoms with van der Waals surface area (Å²) in [6.07, 6.45) is 1.99. The molecule has 2 aromatic heterocycles. The predicted molar refractivity (Wildman–Crippen MR) is 88.7 cm³/mol. The van der Waals surface area contributed by atoms with Crippen LogP contribution >= 0.6 is 11.6 Å². The molecule has 1 atom stereocenters. The van der Waals surface area contributed by atoms with Gasteiger partial charge in [0.05, 0.1) is 29.5 Å². The van der Waals surface area contributed by atoms with Crippen molar-refractivity contribution < 1.29 is 4.79 Å². The van der Waals surface area contributed by atoms with Crippen LogP contribution in [0.25, 0.3) is 0 Å². The van der Waals surface area contributed by atoms with Gasteiger partial charge in [0.1, 0.15) is 5.15 Å². The van der Waals surface area contributed by atoms with Gasteiger partial charge in [0.15, 0.2) is 0 Å². The molecule has 7 heteroatoms. The van der Waals surface area contributed by atoms with Gasteiger partial charge in [-0.15, -0.1) is 0 Å². The van der Waals surface area contributed by atoms with Crippen molar-refractivity contribution in [3.63, 3.8) is 0 Å². The van der Waals surface area contributed by atoms with Crippen molar-refractivity contribution in [1.29, 1.82) is 0 Å². The van der Waals surface area contributed by atoms with Crippen molar-refractivity contribution >= 4 is 17.5 Å². The Hall–Kier alpha value is -1.82. The number of nitrogens with zero attached hydrogens (tertiary/aromatic N) is 5. The summed E-state index contributed by atoms with van der Waals surface area (Å²) in [6, 6.07) is 2.21. The minimum atomic E-state index is -0.0235. The Balaban J connectivity index is 1.84. The maximum absolute atomic E-state index is 13.0. The monoisotopic (exact) mass is 335 g/mol. The van der Waals surface area contributed by atoms with E-state index in [1.54, 1.807) is 11.7 Å². The standard InChI is InChI=1S/C16H22ClN5O/c1-10-8-11(2)22(18-10)9-13-6-5-7-21(13)16(23)14-12(3)19-20(4)15(14)17/h8,13H,5-7,9H2,1-4H3/t13-/m0/s1. The van der Waals surface area contributed by atoms with Crippen molar-refractivity contribution in [3.05, 3.63) is 33.9 Å². The average molecular weight is 336 g/mol. The summed E-state index contributed by atoms with van der Waals surface area (Å²) in [5.74, 6) is -0.0235. The number of amides is 1. The molecule has 0 aliphatic carbocycles. The van der Waals surface area contributed by atoms with Crippen LogP contribution in [0.2, 0.25) is 5.15 Å². The van der Waals surface area contributed by atoms with Crippen molar-refractivity contribution in [2.45, 2.75) is 46.2 Å². The largest absolute Gasteiger partial charge is 0.334 e. The number of hydrogen-bond acceptors (Lipinski definition) is 3. The van der Waals surface area contributed by atoms with E-state index in [4.69, 9.17) is 11.6 Å². The molecule has 124 valence electrons. The van der Waals surface area contributed by atoms with Crippen molar-refractivity contribution in [3.8, 4) is 0 Å². The molecule has 1 fully saturated rings. The van der Waals surface area contributed by atoms with Crippen LogP contribution in [0.4, 0.5) is 0 Å². The molecule has 3 heterocycles. The molecule has 0 unspecified atom stereocenters. The van der Waals surface area contributed by atoms with Crippen molar-refractivity contribution in [1.82, 2.24) is 24.5 Å². The Bertz CT molecular complexity index is 748. The minimum Gasteiger partial charge on any atom is -0.334 e. The zero-order valence-electron chi connectivity index (χ0n) is 14.0. The fourth-order valence-corrected chi connectivity index (χ4v) is 3.62. The Labute approximate surface area is 141 Å². The molecule has 2 aromatic rings. The smallest absolute Gasteiger partial charge is 0.259 e. The molecular formula is C16H22ClN5O. The molecule has 23 heavy (non-hydrogen) atoms. The molecule has 1 aliphatic heterocycles. The number of aryl methyl sites for hydroxylation is 4. The van der Waals surface area contributed by atoms with E-state index in [0.717, 1.165) is 37.3 Å². The number of carbonyl (C=O) groups is 1. The minimum absolute atomic E-state index is 0.0235. The van der Waals surface area contributed by atoms with Crippen LogP contribution in [-0.4, -0.2) is 43.0 Å². The highest BCUT2D eigenvalue weighted by atomic mass is 35.5. The van der Waals surface area contributed by atoms with Crippen molar-refractivity contribution in [2.75, 3.05) is 6.54 Å². The van der Waals surface area contributed by atoms with E-state index in [0.29, 0.717) is 16.4 Å². The van der Waals surface area contributed by atoms with Gasteiger partial charge in [-0.2, -0.15) is 10.2 Å². The number of carbonyl (C=O) groups excluding carboxylic acids is 1. The van der Waals surface area contributed by atoms with Gasteiger partial charge >= 0.3 is 0 Å². The fourth-order valence-electron chi connectivity index (χ4n) is 3.37. The molecule has 0 saturated carbocycles. The first-order valence-corrected chi connectivity index (χ1v) is 8.27. The first kappa shape index (κ1) is 16.1. The third-order valence-corrected chi connectivity index (χ3v) is 4.92. The fraction of sp³-hybridized carbons (Fsp3) is 0.562. The summed E-state index contributed by atoms with van der Waals surface area (Å²) in [4.78, 5) is 14.9. The molecule has 1 aliphatic rings. The topological polar surface area (TPSA) is 56.0 Å². The Kier molecular flexibility index (Phi) is 4.19. The predicted octanol–water partition coefficient (Wildman–Crippen LogP) is 2.50. The number of hydrogen-bond donors (Lipinski definition) is 0. The average Bonchev–Trinajstić information content (AvgIpc) is 3.12. The third-order valence-electron chi connectivity index (χ3n) is 4.49. The lowest BCUT2D eigenvalue weighted by Crippen LogP contribution is -2.38. The van der Waals surface area contributed by atoms with Crippen LogP contribution in [0.15, 0.2) is 6.07 Å². The van der Waals surface area contributed by atoms with Crippen LogP contribution in [0.1, 0.15) is 40.3 Å². The molecule has 0 aromatic carbocycles. The maximum Gasteiger partial charge on any atom is 0.259 e. The molecule has 6 nitrogen and oxygen atoms in total. The van der Waals surface area contributed by atoms with Gasteiger partial charge in [-0.25, -0.2) is 0 Å². The van der Waals surface area contributed by atoms with Gasteiger partial charge in [-0.1, -0.05) is 11.6 Å². The highest BCUT2D eigenvalue weighted by molar-refractivity contribution is 6.33. The van der Waals surface area contributed by atoms with Crippen molar-refractivity contribution in [2.24, 2.45) is 7.05 Å². The zero-order chi connectivity index (χ0) is 16.7. The number of rotatable bonds is 3. The normalized spacial score (nSPS) is 18.0. The highest BCUT2D eigenvalue weighted by Gasteiger charge is 2.33. The van der Waals surface area contributed by atoms with Crippen LogP contribution in [-0.2, 0) is 13.6 Å². The van der Waals surface area contributed by atoms with E-state index in [-0.39, 0.29) is 11.9 Å². The van der Waals surface area contributed by atoms with E-state index < -0.39 is 0 Å². The number of aromatic nitrogens is 4. The number of likely N-dealkylation sites (tertiary alicyclic amines) is 1. The van der Waals surface area contributed by atoms with E-state index in [1.165, 1.54) is 0 Å². The number of halogens is 1. The van der Waals surface area contributed by atoms with Crippen LogP contribution in [0.5, 0.6) is 0 Å². The summed E-state index contributed by atoms with van der Waals surface area (Å²) in [5.41, 5.74) is 3.33. The van der Waals surface area contributed by atoms with E-state index in [9.17, 15) is 4.79 Å². The lowest BCUT2D eigenvalue weighted by Gasteiger charge is -2.25. The molecule has 3 rings (SSSR count). The van der Waals surface area contributed by atoms with E-state index in [2.05, 4.69) is 16.3 Å². The zero-order valence-corrected chi connectivity index (χ0v) is 14.8. The summed E-state index contributed by atoms with van der Waals surface area (Å²) in [6.45, 7) is 7.34. The molecular weight excluding hydrogens is 314 g/mol. The second kappa shape index (κ2) is 6.00. The Morgan fingerprint density at radius 1 is 1.35 bits per heavy atom. The van der Waals surface area contributed by atoms with Gasteiger partial charge in [0.25, 0.3) is 5.91 Å². The summed E-state index contributed by atoms with van der Waals surface area (Å²) >= 11 is 6.26. The molecule has 0 bridgehead atoms. The second-order valence-electron chi connectivity index (χ2n) is 6.28. The highest BCUT2D eigenvalue weighted by Crippen LogP contribution is 2.26. The van der Waals surface area contributed by atoms with Gasteiger partial charge in [-0.3, -0.25) is 14.2 Å². The molecule has 0 spiro atoms. The summed E-state index contributed by atoms with van der Waals surface area (Å²) in [5, 5.41) is 9.17. The van der Waals surface area contributed by atoms with Gasteiger partial charge in [-0.05, 0) is 39.7 Å². The van der Waals surface area contributed by atoms with Crippen LogP contribution < -0.4 is 0 Å². The maximum atomic E-state index is 13.0. The van der Waals surface area contributed by atoms with Crippen LogP contribution in [0, 0.1) is 20.8 Å². The Morgan fingerprint density at radius 2 is 2.09 bits per heavy atom. The summed E-state index contributed by atoms with van der Waals surface area (Å²) < 4.78 is 3.54. The SMILES string of the molecule is Cc1cc(C)n(C[C@@H]2CCCN2C(=O)c2c(C)nn(C)c2Cl)n1. The quantitative estimate of drug-likeness (QED) is 0.866. The lowest BCUT2D eigenvalue weighted by atomic mass is 10.2. The molecule has 1 amide bonds. The van der Waals surface area contributed by atoms with Gasteiger partial charge in [0.2, 0.25) is 0 Å². The lowest BCUT2D eigenvalue weighted by molar-refractivity contribution is 0.0720. The molecule has 0 N–H and O–H groups in total. The molecule has 0 radical (unpaired) electrons. The first-order valence-electron chi connectivity index (χ1n) is 7.89. The van der Waals surface area contributed by atoms with E-state index >= 15 is 0 Å². The van der Waals surface area contributed by atoms with E-state index in [1.807, 2.05) is 30.4 Å². The third kappa shape index (κ3) is 2.87. The molecule has 1 saturated heterocycles. The second-order valence-corrected chi connectivity index (χ2v) is 6.64.